The van der Waals surface area contributed by atoms with Crippen LogP contribution in [0.4, 0.5) is 4.39 Å². The summed E-state index contributed by atoms with van der Waals surface area (Å²) in [6.07, 6.45) is 1.89. The van der Waals surface area contributed by atoms with Crippen molar-refractivity contribution < 1.29 is 18.7 Å². The van der Waals surface area contributed by atoms with Crippen LogP contribution in [0.1, 0.15) is 19.8 Å². The van der Waals surface area contributed by atoms with Crippen molar-refractivity contribution in [1.82, 2.24) is 4.57 Å². The zero-order chi connectivity index (χ0) is 14.5. The zero-order valence-electron chi connectivity index (χ0n) is 11.3. The van der Waals surface area contributed by atoms with Crippen molar-refractivity contribution in [3.8, 4) is 0 Å². The smallest absolute Gasteiger partial charge is 0.306 e. The average Bonchev–Trinajstić information content (AvgIpc) is 2.82. The number of fused-ring (bicyclic) bond motifs is 1. The minimum Gasteiger partial charge on any atom is -0.466 e. The molecule has 0 aliphatic rings. The van der Waals surface area contributed by atoms with Gasteiger partial charge >= 0.3 is 5.97 Å². The lowest BCUT2D eigenvalue weighted by Crippen LogP contribution is -2.12. The van der Waals surface area contributed by atoms with Gasteiger partial charge in [-0.25, -0.2) is 4.39 Å². The van der Waals surface area contributed by atoms with Gasteiger partial charge in [0.15, 0.2) is 5.78 Å². The van der Waals surface area contributed by atoms with Crippen molar-refractivity contribution in [1.29, 1.82) is 0 Å². The van der Waals surface area contributed by atoms with E-state index in [1.165, 1.54) is 6.07 Å². The molecule has 0 aliphatic heterocycles. The fourth-order valence-electron chi connectivity index (χ4n) is 2.07. The second kappa shape index (κ2) is 6.32. The van der Waals surface area contributed by atoms with Gasteiger partial charge in [0.25, 0.3) is 0 Å². The molecule has 0 N–H and O–H groups in total. The molecule has 20 heavy (non-hydrogen) atoms. The van der Waals surface area contributed by atoms with Crippen LogP contribution in [-0.4, -0.2) is 22.9 Å². The molecule has 0 spiro atoms. The molecule has 2 aromatic rings. The maximum absolute atomic E-state index is 13.5. The first kappa shape index (κ1) is 14.2. The quantitative estimate of drug-likeness (QED) is 0.763. The molecule has 4 nitrogen and oxygen atoms in total. The second-order valence-electron chi connectivity index (χ2n) is 4.46. The van der Waals surface area contributed by atoms with Crippen LogP contribution in [0, 0.1) is 5.82 Å². The van der Waals surface area contributed by atoms with Gasteiger partial charge in [0, 0.05) is 18.0 Å². The molecule has 0 atom stereocenters. The molecule has 0 saturated carbocycles. The normalized spacial score (nSPS) is 10.7. The van der Waals surface area contributed by atoms with Gasteiger partial charge in [-0.05, 0) is 25.1 Å². The number of carbonyl (C=O) groups excluding carboxylic acids is 2. The van der Waals surface area contributed by atoms with Crippen LogP contribution < -0.4 is 0 Å². The highest BCUT2D eigenvalue weighted by molar-refractivity contribution is 5.86. The van der Waals surface area contributed by atoms with E-state index in [2.05, 4.69) is 0 Å². The van der Waals surface area contributed by atoms with Gasteiger partial charge in [-0.1, -0.05) is 6.07 Å². The Bertz CT molecular complexity index is 633. The molecule has 2 rings (SSSR count). The first-order valence-electron chi connectivity index (χ1n) is 6.52. The Balaban J connectivity index is 2.00. The van der Waals surface area contributed by atoms with Crippen molar-refractivity contribution in [2.24, 2.45) is 0 Å². The van der Waals surface area contributed by atoms with E-state index in [0.29, 0.717) is 17.5 Å². The Morgan fingerprint density at radius 1 is 1.25 bits per heavy atom. The van der Waals surface area contributed by atoms with E-state index >= 15 is 0 Å². The predicted molar refractivity (Wildman–Crippen MR) is 72.8 cm³/mol. The largest absolute Gasteiger partial charge is 0.466 e. The van der Waals surface area contributed by atoms with Gasteiger partial charge in [0.2, 0.25) is 0 Å². The molecule has 0 unspecified atom stereocenters. The van der Waals surface area contributed by atoms with Crippen LogP contribution in [0.15, 0.2) is 30.5 Å². The number of nitrogens with zero attached hydrogens (tertiary/aromatic N) is 1. The molecule has 0 amide bonds. The standard InChI is InChI=1S/C15H16FNO3/c1-2-20-15(19)7-6-11(18)10-17-9-8-12-13(16)4-3-5-14(12)17/h3-5,8-9H,2,6-7,10H2,1H3. The third-order valence-corrected chi connectivity index (χ3v) is 3.02. The van der Waals surface area contributed by atoms with Crippen LogP contribution in [0.2, 0.25) is 0 Å². The number of benzene rings is 1. The summed E-state index contributed by atoms with van der Waals surface area (Å²) in [6.45, 7) is 2.17. The molecule has 0 aliphatic carbocycles. The summed E-state index contributed by atoms with van der Waals surface area (Å²) in [5.41, 5.74) is 0.675. The molecule has 106 valence electrons. The number of ether oxygens (including phenoxy) is 1. The maximum atomic E-state index is 13.5. The number of carbonyl (C=O) groups is 2. The number of aromatic nitrogens is 1. The summed E-state index contributed by atoms with van der Waals surface area (Å²) >= 11 is 0. The lowest BCUT2D eigenvalue weighted by atomic mass is 10.2. The molecular formula is C15H16FNO3. The Labute approximate surface area is 116 Å². The van der Waals surface area contributed by atoms with Gasteiger partial charge < -0.3 is 9.30 Å². The van der Waals surface area contributed by atoms with E-state index in [9.17, 15) is 14.0 Å². The zero-order valence-corrected chi connectivity index (χ0v) is 11.3. The minimum atomic E-state index is -0.371. The molecule has 0 bridgehead atoms. The van der Waals surface area contributed by atoms with Crippen molar-refractivity contribution in [3.05, 3.63) is 36.3 Å². The van der Waals surface area contributed by atoms with Crippen LogP contribution in [0.25, 0.3) is 10.9 Å². The van der Waals surface area contributed by atoms with Crippen LogP contribution in [-0.2, 0) is 20.9 Å². The Kier molecular flexibility index (Phi) is 4.50. The van der Waals surface area contributed by atoms with Crippen molar-refractivity contribution in [3.63, 3.8) is 0 Å². The van der Waals surface area contributed by atoms with Crippen molar-refractivity contribution in [2.75, 3.05) is 6.61 Å². The number of rotatable bonds is 6. The number of Topliss-reactive ketones (excluding diaryl/α,β-unsaturated/α-hetero) is 1. The molecular weight excluding hydrogens is 261 g/mol. The number of ketones is 1. The molecule has 1 aromatic heterocycles. The molecule has 0 fully saturated rings. The number of hydrogen-bond donors (Lipinski definition) is 0. The molecule has 0 radical (unpaired) electrons. The van der Waals surface area contributed by atoms with Gasteiger partial charge in [0.05, 0.1) is 25.1 Å². The molecule has 5 heteroatoms. The number of esters is 1. The third kappa shape index (κ3) is 3.23. The molecule has 1 heterocycles. The van der Waals surface area contributed by atoms with E-state index in [4.69, 9.17) is 4.74 Å². The SMILES string of the molecule is CCOC(=O)CCC(=O)Cn1ccc2c(F)cccc21. The first-order valence-corrected chi connectivity index (χ1v) is 6.52. The van der Waals surface area contributed by atoms with Crippen LogP contribution >= 0.6 is 0 Å². The Morgan fingerprint density at radius 2 is 2.05 bits per heavy atom. The summed E-state index contributed by atoms with van der Waals surface area (Å²) in [6, 6.07) is 6.40. The fourth-order valence-corrected chi connectivity index (χ4v) is 2.07. The minimum absolute atomic E-state index is 0.0835. The topological polar surface area (TPSA) is 48.3 Å². The van der Waals surface area contributed by atoms with Gasteiger partial charge in [0.1, 0.15) is 5.82 Å². The highest BCUT2D eigenvalue weighted by Crippen LogP contribution is 2.19. The van der Waals surface area contributed by atoms with E-state index in [1.54, 1.807) is 35.9 Å². The van der Waals surface area contributed by atoms with E-state index in [1.807, 2.05) is 0 Å². The summed E-state index contributed by atoms with van der Waals surface area (Å²) in [5.74, 6) is -0.760. The van der Waals surface area contributed by atoms with E-state index < -0.39 is 0 Å². The maximum Gasteiger partial charge on any atom is 0.306 e. The Hall–Kier alpha value is -2.17. The Morgan fingerprint density at radius 3 is 2.80 bits per heavy atom. The number of halogens is 1. The van der Waals surface area contributed by atoms with Crippen molar-refractivity contribution in [2.45, 2.75) is 26.3 Å². The van der Waals surface area contributed by atoms with Gasteiger partial charge in [-0.3, -0.25) is 9.59 Å². The van der Waals surface area contributed by atoms with E-state index in [0.717, 1.165) is 0 Å². The predicted octanol–water partition coefficient (Wildman–Crippen LogP) is 2.69. The lowest BCUT2D eigenvalue weighted by molar-refractivity contribution is -0.144. The average molecular weight is 277 g/mol. The van der Waals surface area contributed by atoms with Crippen LogP contribution in [0.3, 0.4) is 0 Å². The van der Waals surface area contributed by atoms with Crippen molar-refractivity contribution >= 4 is 22.7 Å². The van der Waals surface area contributed by atoms with Crippen LogP contribution in [0.5, 0.6) is 0 Å². The van der Waals surface area contributed by atoms with Gasteiger partial charge in [-0.2, -0.15) is 0 Å². The fraction of sp³-hybridized carbons (Fsp3) is 0.333. The lowest BCUT2D eigenvalue weighted by Gasteiger charge is -2.05. The first-order chi connectivity index (χ1) is 9.61. The summed E-state index contributed by atoms with van der Waals surface area (Å²) in [7, 11) is 0. The second-order valence-corrected chi connectivity index (χ2v) is 4.46. The summed E-state index contributed by atoms with van der Waals surface area (Å²) in [4.78, 5) is 23.0. The van der Waals surface area contributed by atoms with E-state index in [-0.39, 0.29) is 37.0 Å². The molecule has 1 aromatic carbocycles. The van der Waals surface area contributed by atoms with Gasteiger partial charge in [-0.15, -0.1) is 0 Å². The highest BCUT2D eigenvalue weighted by atomic mass is 19.1. The third-order valence-electron chi connectivity index (χ3n) is 3.02. The highest BCUT2D eigenvalue weighted by Gasteiger charge is 2.11. The number of hydrogen-bond acceptors (Lipinski definition) is 3. The molecule has 0 saturated heterocycles. The monoisotopic (exact) mass is 277 g/mol. The summed E-state index contributed by atoms with van der Waals surface area (Å²) < 4.78 is 20.0. The summed E-state index contributed by atoms with van der Waals surface area (Å²) in [5, 5.41) is 0.491.